The quantitative estimate of drug-likeness (QED) is 0.435. The molecule has 1 fully saturated rings. The molecule has 7 nitrogen and oxygen atoms in total. The van der Waals surface area contributed by atoms with Crippen molar-refractivity contribution in [2.45, 2.75) is 42.6 Å². The number of nitrogens with one attached hydrogen (secondary N) is 1. The van der Waals surface area contributed by atoms with Crippen molar-refractivity contribution in [2.24, 2.45) is 5.73 Å². The summed E-state index contributed by atoms with van der Waals surface area (Å²) in [6.45, 7) is 0.408. The second-order valence-electron chi connectivity index (χ2n) is 8.14. The van der Waals surface area contributed by atoms with E-state index < -0.39 is 15.6 Å². The van der Waals surface area contributed by atoms with Gasteiger partial charge in [0.2, 0.25) is 10.0 Å². The Morgan fingerprint density at radius 2 is 1.82 bits per heavy atom. The maximum absolute atomic E-state index is 13.4. The van der Waals surface area contributed by atoms with E-state index in [1.165, 1.54) is 16.9 Å². The van der Waals surface area contributed by atoms with Gasteiger partial charge in [0.15, 0.2) is 6.29 Å². The Balaban J connectivity index is 0.00000149. The molecule has 1 aliphatic rings. The van der Waals surface area contributed by atoms with Crippen LogP contribution in [0.4, 0.5) is 0 Å². The maximum atomic E-state index is 13.4. The molecule has 178 valence electrons. The van der Waals surface area contributed by atoms with Gasteiger partial charge >= 0.3 is 0 Å². The Kier molecular flexibility index (Phi) is 8.31. The molecule has 0 saturated carbocycles. The smallest absolute Gasteiger partial charge is 0.245 e. The monoisotopic (exact) mass is 491 g/mol. The van der Waals surface area contributed by atoms with Gasteiger partial charge in [0.1, 0.15) is 4.90 Å². The second-order valence-corrected chi connectivity index (χ2v) is 10.5. The van der Waals surface area contributed by atoms with Crippen LogP contribution in [0.5, 0.6) is 0 Å². The number of nitrogens with zero attached hydrogens (tertiary/aromatic N) is 1. The molecule has 0 radical (unpaired) electrons. The Bertz CT molecular complexity index is 1190. The summed E-state index contributed by atoms with van der Waals surface area (Å²) in [5.74, 6) is 0. The zero-order chi connectivity index (χ0) is 24.1. The Morgan fingerprint density at radius 1 is 1.15 bits per heavy atom. The van der Waals surface area contributed by atoms with E-state index in [9.17, 15) is 18.3 Å². The summed E-state index contributed by atoms with van der Waals surface area (Å²) in [4.78, 5) is 14.4. The van der Waals surface area contributed by atoms with Gasteiger partial charge in [-0.15, -0.1) is 0 Å². The molecule has 0 amide bonds. The molecular weight excluding hydrogens is 462 g/mol. The van der Waals surface area contributed by atoms with Crippen molar-refractivity contribution in [3.63, 3.8) is 0 Å². The predicted octanol–water partition coefficient (Wildman–Crippen LogP) is 3.75. The first-order valence-electron chi connectivity index (χ1n) is 10.9. The second kappa shape index (κ2) is 10.8. The number of benzene rings is 2. The SMILES string of the molecule is CN.O=Cc1[nH]c2ccc(Cl)cc2c1S(=O)(=O)N1CCC(O)(CCCc2ccccc2)CC1. The minimum atomic E-state index is -3.92. The molecule has 0 unspecified atom stereocenters. The summed E-state index contributed by atoms with van der Waals surface area (Å²) in [6, 6.07) is 15.0. The lowest BCUT2D eigenvalue weighted by molar-refractivity contribution is -0.0136. The van der Waals surface area contributed by atoms with Gasteiger partial charge in [0.05, 0.1) is 11.3 Å². The van der Waals surface area contributed by atoms with Gasteiger partial charge in [-0.3, -0.25) is 4.79 Å². The molecule has 9 heteroatoms. The van der Waals surface area contributed by atoms with Crippen molar-refractivity contribution < 1.29 is 18.3 Å². The lowest BCUT2D eigenvalue weighted by Gasteiger charge is -2.37. The van der Waals surface area contributed by atoms with Gasteiger partial charge in [0, 0.05) is 29.0 Å². The summed E-state index contributed by atoms with van der Waals surface area (Å²) in [6.07, 6.45) is 3.58. The first-order valence-corrected chi connectivity index (χ1v) is 12.7. The molecule has 3 aromatic rings. The number of fused-ring (bicyclic) bond motifs is 1. The largest absolute Gasteiger partial charge is 0.390 e. The molecule has 1 aliphatic heterocycles. The molecule has 0 aliphatic carbocycles. The van der Waals surface area contributed by atoms with Crippen molar-refractivity contribution >= 4 is 38.8 Å². The molecule has 4 rings (SSSR count). The van der Waals surface area contributed by atoms with Crippen LogP contribution in [0.1, 0.15) is 41.7 Å². The van der Waals surface area contributed by atoms with Crippen molar-refractivity contribution in [3.8, 4) is 0 Å². The number of carbonyl (C=O) groups excluding carboxylic acids is 1. The van der Waals surface area contributed by atoms with E-state index in [1.54, 1.807) is 18.2 Å². The maximum Gasteiger partial charge on any atom is 0.245 e. The van der Waals surface area contributed by atoms with E-state index in [-0.39, 0.29) is 23.7 Å². The third-order valence-electron chi connectivity index (χ3n) is 6.06. The van der Waals surface area contributed by atoms with Crippen LogP contribution in [0.15, 0.2) is 53.4 Å². The number of piperidine rings is 1. The Labute approximate surface area is 199 Å². The van der Waals surface area contributed by atoms with Crippen molar-refractivity contribution in [1.82, 2.24) is 9.29 Å². The van der Waals surface area contributed by atoms with Crippen LogP contribution in [0.3, 0.4) is 0 Å². The summed E-state index contributed by atoms with van der Waals surface area (Å²) in [7, 11) is -2.42. The van der Waals surface area contributed by atoms with E-state index in [0.717, 1.165) is 12.8 Å². The number of rotatable bonds is 7. The number of aryl methyl sites for hydroxylation is 1. The zero-order valence-corrected chi connectivity index (χ0v) is 20.2. The number of nitrogens with two attached hydrogens (primary N) is 1. The fraction of sp³-hybridized carbons (Fsp3) is 0.375. The number of sulfonamides is 1. The average molecular weight is 492 g/mol. The number of carbonyl (C=O) groups is 1. The Morgan fingerprint density at radius 3 is 2.45 bits per heavy atom. The van der Waals surface area contributed by atoms with Crippen LogP contribution < -0.4 is 5.73 Å². The van der Waals surface area contributed by atoms with Crippen LogP contribution in [-0.4, -0.2) is 54.8 Å². The van der Waals surface area contributed by atoms with Crippen LogP contribution in [-0.2, 0) is 16.4 Å². The average Bonchev–Trinajstić information content (AvgIpc) is 3.20. The lowest BCUT2D eigenvalue weighted by atomic mass is 9.87. The van der Waals surface area contributed by atoms with Crippen LogP contribution in [0, 0.1) is 0 Å². The molecule has 2 heterocycles. The van der Waals surface area contributed by atoms with Crippen molar-refractivity contribution in [3.05, 3.63) is 64.8 Å². The highest BCUT2D eigenvalue weighted by Gasteiger charge is 2.38. The highest BCUT2D eigenvalue weighted by atomic mass is 35.5. The predicted molar refractivity (Wildman–Crippen MR) is 131 cm³/mol. The molecule has 4 N–H and O–H groups in total. The number of aldehydes is 1. The number of hydrogen-bond donors (Lipinski definition) is 3. The van der Waals surface area contributed by atoms with Crippen LogP contribution >= 0.6 is 11.6 Å². The van der Waals surface area contributed by atoms with E-state index in [2.05, 4.69) is 22.9 Å². The number of aromatic nitrogens is 1. The molecule has 0 atom stereocenters. The summed E-state index contributed by atoms with van der Waals surface area (Å²) >= 11 is 6.07. The highest BCUT2D eigenvalue weighted by Crippen LogP contribution is 2.34. The molecular formula is C24H30ClN3O4S. The zero-order valence-electron chi connectivity index (χ0n) is 18.6. The number of aromatic amines is 1. The normalized spacial score (nSPS) is 16.2. The first-order chi connectivity index (χ1) is 15.8. The van der Waals surface area contributed by atoms with E-state index in [0.29, 0.717) is 41.5 Å². The molecule has 1 aromatic heterocycles. The molecule has 0 bridgehead atoms. The van der Waals surface area contributed by atoms with Gasteiger partial charge in [-0.2, -0.15) is 4.31 Å². The topological polar surface area (TPSA) is 116 Å². The van der Waals surface area contributed by atoms with Gasteiger partial charge in [-0.1, -0.05) is 41.9 Å². The van der Waals surface area contributed by atoms with E-state index in [1.807, 2.05) is 18.2 Å². The number of aliphatic hydroxyl groups is 1. The third kappa shape index (κ3) is 5.65. The van der Waals surface area contributed by atoms with Gasteiger partial charge in [-0.05, 0) is 62.9 Å². The van der Waals surface area contributed by atoms with Crippen LogP contribution in [0.25, 0.3) is 10.9 Å². The lowest BCUT2D eigenvalue weighted by Crippen LogP contribution is -2.46. The molecule has 2 aromatic carbocycles. The van der Waals surface area contributed by atoms with E-state index >= 15 is 0 Å². The van der Waals surface area contributed by atoms with E-state index in [4.69, 9.17) is 11.6 Å². The summed E-state index contributed by atoms with van der Waals surface area (Å²) in [5.41, 5.74) is 5.41. The third-order valence-corrected chi connectivity index (χ3v) is 8.30. The fourth-order valence-electron chi connectivity index (χ4n) is 4.31. The van der Waals surface area contributed by atoms with Crippen molar-refractivity contribution in [2.75, 3.05) is 20.1 Å². The minimum Gasteiger partial charge on any atom is -0.390 e. The number of halogens is 1. The Hall–Kier alpha value is -2.23. The summed E-state index contributed by atoms with van der Waals surface area (Å²) < 4.78 is 28.1. The molecule has 1 saturated heterocycles. The minimum absolute atomic E-state index is 0.0148. The number of H-pyrrole nitrogens is 1. The molecule has 0 spiro atoms. The molecule has 33 heavy (non-hydrogen) atoms. The van der Waals surface area contributed by atoms with Gasteiger partial charge < -0.3 is 15.8 Å². The van der Waals surface area contributed by atoms with Crippen molar-refractivity contribution in [1.29, 1.82) is 0 Å². The standard InChI is InChI=1S/C23H25ClN2O4S.CH5N/c24-18-8-9-20-19(15-18)22(21(16-27)25-20)31(29,30)26-13-11-23(28,12-14-26)10-4-7-17-5-2-1-3-6-17;1-2/h1-3,5-6,8-9,15-16,25,28H,4,7,10-14H2;2H2,1H3. The van der Waals surface area contributed by atoms with Gasteiger partial charge in [-0.25, -0.2) is 8.42 Å². The first kappa shape index (κ1) is 25.4. The van der Waals surface area contributed by atoms with Gasteiger partial charge in [0.25, 0.3) is 0 Å². The summed E-state index contributed by atoms with van der Waals surface area (Å²) in [5, 5.41) is 11.8. The fourth-order valence-corrected chi connectivity index (χ4v) is 6.23. The van der Waals surface area contributed by atoms with Crippen LogP contribution in [0.2, 0.25) is 5.02 Å². The highest BCUT2D eigenvalue weighted by molar-refractivity contribution is 7.89. The number of hydrogen-bond acceptors (Lipinski definition) is 5.